The third-order valence-corrected chi connectivity index (χ3v) is 2.02. The molecule has 3 heteroatoms. The van der Waals surface area contributed by atoms with Crippen LogP contribution in [-0.2, 0) is 4.79 Å². The maximum atomic E-state index is 10.4. The van der Waals surface area contributed by atoms with Crippen molar-refractivity contribution >= 4 is 6.29 Å². The maximum absolute atomic E-state index is 10.4. The molecule has 0 aliphatic carbocycles. The monoisotopic (exact) mass is 143 g/mol. The van der Waals surface area contributed by atoms with E-state index in [4.69, 9.17) is 5.11 Å². The molecule has 2 atom stereocenters. The first kappa shape index (κ1) is 7.69. The van der Waals surface area contributed by atoms with Crippen LogP contribution in [0.15, 0.2) is 0 Å². The molecule has 0 aromatic heterocycles. The summed E-state index contributed by atoms with van der Waals surface area (Å²) in [5, 5.41) is 9.14. The van der Waals surface area contributed by atoms with Gasteiger partial charge in [-0.1, -0.05) is 0 Å². The van der Waals surface area contributed by atoms with Crippen molar-refractivity contribution in [2.24, 2.45) is 0 Å². The molecule has 1 heterocycles. The molecule has 1 saturated heterocycles. The number of β-amino-alcohol motifs (C(OH)–C–C–N with tert-alkyl or cyclic N) is 1. The lowest BCUT2D eigenvalue weighted by molar-refractivity contribution is -0.114. The topological polar surface area (TPSA) is 40.5 Å². The van der Waals surface area contributed by atoms with Gasteiger partial charge in [-0.05, 0) is 19.9 Å². The van der Waals surface area contributed by atoms with Crippen molar-refractivity contribution in [3.63, 3.8) is 0 Å². The Balaban J connectivity index is 2.43. The number of aldehydes is 1. The lowest BCUT2D eigenvalue weighted by atomic mass is 10.0. The van der Waals surface area contributed by atoms with Crippen molar-refractivity contribution in [3.8, 4) is 0 Å². The number of carbonyl (C=O) groups is 1. The van der Waals surface area contributed by atoms with Crippen molar-refractivity contribution in [1.29, 1.82) is 0 Å². The van der Waals surface area contributed by atoms with Gasteiger partial charge in [0.2, 0.25) is 0 Å². The maximum Gasteiger partial charge on any atom is 0.137 e. The summed E-state index contributed by atoms with van der Waals surface area (Å²) in [4.78, 5) is 12.2. The molecule has 10 heavy (non-hydrogen) atoms. The van der Waals surface area contributed by atoms with Crippen LogP contribution in [0.1, 0.15) is 12.8 Å². The Kier molecular flexibility index (Phi) is 2.40. The van der Waals surface area contributed by atoms with Gasteiger partial charge < -0.3 is 9.90 Å². The second-order valence-corrected chi connectivity index (χ2v) is 2.87. The number of aliphatic hydroxyl groups is 1. The molecule has 1 aliphatic rings. The first-order valence-electron chi connectivity index (χ1n) is 3.57. The van der Waals surface area contributed by atoms with E-state index in [1.165, 1.54) is 0 Å². The van der Waals surface area contributed by atoms with Crippen LogP contribution in [0.4, 0.5) is 0 Å². The van der Waals surface area contributed by atoms with Gasteiger partial charge in [-0.15, -0.1) is 0 Å². The lowest BCUT2D eigenvalue weighted by Crippen LogP contribution is -2.43. The number of likely N-dealkylation sites (tertiary alicyclic amines) is 1. The highest BCUT2D eigenvalue weighted by Crippen LogP contribution is 2.13. The van der Waals surface area contributed by atoms with E-state index in [0.29, 0.717) is 6.54 Å². The Labute approximate surface area is 60.6 Å². The summed E-state index contributed by atoms with van der Waals surface area (Å²) in [6, 6.07) is 0.0309. The highest BCUT2D eigenvalue weighted by atomic mass is 16.3. The van der Waals surface area contributed by atoms with Crippen molar-refractivity contribution in [2.75, 3.05) is 13.6 Å². The molecule has 1 aliphatic heterocycles. The SMILES string of the molecule is CN1CC(O)CCC1C=O. The fraction of sp³-hybridized carbons (Fsp3) is 0.857. The Bertz CT molecular complexity index is 127. The number of aliphatic hydroxyl groups excluding tert-OH is 1. The van der Waals surface area contributed by atoms with Gasteiger partial charge in [-0.3, -0.25) is 4.90 Å². The van der Waals surface area contributed by atoms with Crippen LogP contribution >= 0.6 is 0 Å². The number of nitrogens with zero attached hydrogens (tertiary/aromatic N) is 1. The molecule has 0 spiro atoms. The molecular weight excluding hydrogens is 130 g/mol. The zero-order valence-electron chi connectivity index (χ0n) is 6.16. The van der Waals surface area contributed by atoms with E-state index in [9.17, 15) is 4.79 Å². The highest BCUT2D eigenvalue weighted by molar-refractivity contribution is 5.57. The summed E-state index contributed by atoms with van der Waals surface area (Å²) in [5.74, 6) is 0. The molecule has 58 valence electrons. The van der Waals surface area contributed by atoms with Crippen LogP contribution in [0, 0.1) is 0 Å². The molecular formula is C7H13NO2. The zero-order chi connectivity index (χ0) is 7.56. The quantitative estimate of drug-likeness (QED) is 0.510. The third kappa shape index (κ3) is 1.55. The first-order chi connectivity index (χ1) is 4.74. The Hall–Kier alpha value is -0.410. The smallest absolute Gasteiger partial charge is 0.137 e. The van der Waals surface area contributed by atoms with Gasteiger partial charge in [0.25, 0.3) is 0 Å². The summed E-state index contributed by atoms with van der Waals surface area (Å²) in [5.41, 5.74) is 0. The van der Waals surface area contributed by atoms with E-state index in [1.54, 1.807) is 0 Å². The van der Waals surface area contributed by atoms with Crippen LogP contribution in [-0.4, -0.2) is 42.0 Å². The fourth-order valence-corrected chi connectivity index (χ4v) is 1.31. The molecule has 1 rings (SSSR count). The van der Waals surface area contributed by atoms with Gasteiger partial charge in [-0.2, -0.15) is 0 Å². The van der Waals surface area contributed by atoms with Gasteiger partial charge in [0.05, 0.1) is 12.1 Å². The van der Waals surface area contributed by atoms with Gasteiger partial charge in [0.1, 0.15) is 6.29 Å². The third-order valence-electron chi connectivity index (χ3n) is 2.02. The van der Waals surface area contributed by atoms with Gasteiger partial charge in [0, 0.05) is 6.54 Å². The number of carbonyl (C=O) groups excluding carboxylic acids is 1. The van der Waals surface area contributed by atoms with Gasteiger partial charge in [-0.25, -0.2) is 0 Å². The Morgan fingerprint density at radius 1 is 1.60 bits per heavy atom. The van der Waals surface area contributed by atoms with E-state index >= 15 is 0 Å². The number of likely N-dealkylation sites (N-methyl/N-ethyl adjacent to an activating group) is 1. The standard InChI is InChI=1S/C7H13NO2/c1-8-4-7(10)3-2-6(8)5-9/h5-7,10H,2-4H2,1H3. The summed E-state index contributed by atoms with van der Waals surface area (Å²) >= 11 is 0. The minimum atomic E-state index is -0.235. The average molecular weight is 143 g/mol. The predicted octanol–water partition coefficient (Wildman–Crippen LogP) is -0.360. The van der Waals surface area contributed by atoms with Crippen molar-refractivity contribution in [2.45, 2.75) is 25.0 Å². The van der Waals surface area contributed by atoms with E-state index < -0.39 is 0 Å². The van der Waals surface area contributed by atoms with Crippen molar-refractivity contribution in [3.05, 3.63) is 0 Å². The molecule has 0 aromatic carbocycles. The van der Waals surface area contributed by atoms with Gasteiger partial charge in [0.15, 0.2) is 0 Å². The largest absolute Gasteiger partial charge is 0.392 e. The number of hydrogen-bond acceptors (Lipinski definition) is 3. The molecule has 1 N–H and O–H groups in total. The Morgan fingerprint density at radius 3 is 2.80 bits per heavy atom. The van der Waals surface area contributed by atoms with Crippen molar-refractivity contribution in [1.82, 2.24) is 4.90 Å². The molecule has 0 saturated carbocycles. The number of piperidine rings is 1. The molecule has 2 unspecified atom stereocenters. The summed E-state index contributed by atoms with van der Waals surface area (Å²) in [7, 11) is 1.86. The molecule has 1 fully saturated rings. The number of rotatable bonds is 1. The molecule has 0 bridgehead atoms. The zero-order valence-corrected chi connectivity index (χ0v) is 6.16. The second kappa shape index (κ2) is 3.12. The minimum absolute atomic E-state index is 0.0309. The highest BCUT2D eigenvalue weighted by Gasteiger charge is 2.22. The van der Waals surface area contributed by atoms with Crippen LogP contribution < -0.4 is 0 Å². The average Bonchev–Trinajstić information content (AvgIpc) is 1.88. The predicted molar refractivity (Wildman–Crippen MR) is 37.7 cm³/mol. The van der Waals surface area contributed by atoms with Crippen LogP contribution in [0.2, 0.25) is 0 Å². The summed E-state index contributed by atoms with van der Waals surface area (Å²) < 4.78 is 0. The fourth-order valence-electron chi connectivity index (χ4n) is 1.31. The van der Waals surface area contributed by atoms with E-state index in [2.05, 4.69) is 0 Å². The normalized spacial score (nSPS) is 35.8. The van der Waals surface area contributed by atoms with Gasteiger partial charge >= 0.3 is 0 Å². The molecule has 0 aromatic rings. The van der Waals surface area contributed by atoms with Crippen LogP contribution in [0.3, 0.4) is 0 Å². The molecule has 0 amide bonds. The van der Waals surface area contributed by atoms with E-state index in [1.807, 2.05) is 11.9 Å². The second-order valence-electron chi connectivity index (χ2n) is 2.87. The van der Waals surface area contributed by atoms with E-state index in [-0.39, 0.29) is 12.1 Å². The summed E-state index contributed by atoms with van der Waals surface area (Å²) in [6.45, 7) is 0.628. The number of hydrogen-bond donors (Lipinski definition) is 1. The minimum Gasteiger partial charge on any atom is -0.392 e. The Morgan fingerprint density at radius 2 is 2.30 bits per heavy atom. The lowest BCUT2D eigenvalue weighted by Gasteiger charge is -2.31. The van der Waals surface area contributed by atoms with Crippen molar-refractivity contribution < 1.29 is 9.90 Å². The van der Waals surface area contributed by atoms with Crippen LogP contribution in [0.25, 0.3) is 0 Å². The molecule has 3 nitrogen and oxygen atoms in total. The summed E-state index contributed by atoms with van der Waals surface area (Å²) in [6.07, 6.45) is 2.27. The van der Waals surface area contributed by atoms with Crippen LogP contribution in [0.5, 0.6) is 0 Å². The first-order valence-corrected chi connectivity index (χ1v) is 3.57. The van der Waals surface area contributed by atoms with E-state index in [0.717, 1.165) is 19.1 Å². The molecule has 0 radical (unpaired) electrons.